The molecule has 1 unspecified atom stereocenters. The molecule has 0 bridgehead atoms. The van der Waals surface area contributed by atoms with Crippen LogP contribution in [0.2, 0.25) is 0 Å². The Labute approximate surface area is 114 Å². The molecule has 0 aromatic heterocycles. The van der Waals surface area contributed by atoms with Crippen LogP contribution in [-0.4, -0.2) is 61.0 Å². The molecule has 108 valence electrons. The van der Waals surface area contributed by atoms with Gasteiger partial charge in [-0.2, -0.15) is 0 Å². The van der Waals surface area contributed by atoms with Gasteiger partial charge < -0.3 is 9.64 Å². The minimum atomic E-state index is -0.110. The highest BCUT2D eigenvalue weighted by molar-refractivity contribution is 5.78. The molecule has 0 N–H and O–H groups in total. The van der Waals surface area contributed by atoms with E-state index in [4.69, 9.17) is 4.74 Å². The minimum Gasteiger partial charge on any atom is -0.466 e. The maximum Gasteiger partial charge on any atom is 0.310 e. The van der Waals surface area contributed by atoms with Crippen molar-refractivity contribution in [2.24, 2.45) is 5.92 Å². The van der Waals surface area contributed by atoms with E-state index < -0.39 is 0 Å². The SMILES string of the molecule is CCOC(=O)C1CCCN(CC(=O)N2CCCC2)C1. The molecule has 19 heavy (non-hydrogen) atoms. The zero-order valence-electron chi connectivity index (χ0n) is 11.8. The van der Waals surface area contributed by atoms with Crippen LogP contribution in [0.4, 0.5) is 0 Å². The van der Waals surface area contributed by atoms with Crippen LogP contribution in [-0.2, 0) is 14.3 Å². The normalized spacial score (nSPS) is 24.5. The molecular formula is C14H24N2O3. The highest BCUT2D eigenvalue weighted by atomic mass is 16.5. The molecule has 0 radical (unpaired) electrons. The average Bonchev–Trinajstić information content (AvgIpc) is 2.93. The first-order chi connectivity index (χ1) is 9.20. The smallest absolute Gasteiger partial charge is 0.310 e. The highest BCUT2D eigenvalue weighted by Crippen LogP contribution is 2.18. The van der Waals surface area contributed by atoms with Crippen molar-refractivity contribution >= 4 is 11.9 Å². The number of rotatable bonds is 4. The summed E-state index contributed by atoms with van der Waals surface area (Å²) in [6, 6.07) is 0. The summed E-state index contributed by atoms with van der Waals surface area (Å²) >= 11 is 0. The fourth-order valence-electron chi connectivity index (χ4n) is 2.91. The van der Waals surface area contributed by atoms with Gasteiger partial charge in [-0.1, -0.05) is 0 Å². The van der Waals surface area contributed by atoms with Crippen LogP contribution in [0.5, 0.6) is 0 Å². The zero-order valence-corrected chi connectivity index (χ0v) is 11.8. The van der Waals surface area contributed by atoms with E-state index in [1.165, 1.54) is 0 Å². The van der Waals surface area contributed by atoms with Gasteiger partial charge in [-0.15, -0.1) is 0 Å². The van der Waals surface area contributed by atoms with Gasteiger partial charge in [0.15, 0.2) is 0 Å². The van der Waals surface area contributed by atoms with Crippen LogP contribution in [0.3, 0.4) is 0 Å². The average molecular weight is 268 g/mol. The number of piperidine rings is 1. The number of carbonyl (C=O) groups excluding carboxylic acids is 2. The van der Waals surface area contributed by atoms with Crippen molar-refractivity contribution < 1.29 is 14.3 Å². The number of likely N-dealkylation sites (tertiary alicyclic amines) is 2. The van der Waals surface area contributed by atoms with Gasteiger partial charge in [0.25, 0.3) is 0 Å². The second-order valence-corrected chi connectivity index (χ2v) is 5.41. The lowest BCUT2D eigenvalue weighted by molar-refractivity contribution is -0.150. The summed E-state index contributed by atoms with van der Waals surface area (Å²) in [5.41, 5.74) is 0. The monoisotopic (exact) mass is 268 g/mol. The summed E-state index contributed by atoms with van der Waals surface area (Å²) in [4.78, 5) is 27.9. The Morgan fingerprint density at radius 3 is 2.58 bits per heavy atom. The van der Waals surface area contributed by atoms with E-state index in [1.54, 1.807) is 0 Å². The fourth-order valence-corrected chi connectivity index (χ4v) is 2.91. The Hall–Kier alpha value is -1.10. The van der Waals surface area contributed by atoms with Gasteiger partial charge in [-0.3, -0.25) is 14.5 Å². The number of amides is 1. The van der Waals surface area contributed by atoms with Crippen LogP contribution in [0.1, 0.15) is 32.6 Å². The van der Waals surface area contributed by atoms with E-state index in [9.17, 15) is 9.59 Å². The first-order valence-corrected chi connectivity index (χ1v) is 7.37. The van der Waals surface area contributed by atoms with Crippen LogP contribution in [0, 0.1) is 5.92 Å². The summed E-state index contributed by atoms with van der Waals surface area (Å²) in [5, 5.41) is 0. The van der Waals surface area contributed by atoms with Crippen molar-refractivity contribution in [2.75, 3.05) is 39.3 Å². The minimum absolute atomic E-state index is 0.0555. The Morgan fingerprint density at radius 1 is 1.16 bits per heavy atom. The quantitative estimate of drug-likeness (QED) is 0.710. The van der Waals surface area contributed by atoms with E-state index in [0.29, 0.717) is 19.7 Å². The van der Waals surface area contributed by atoms with Gasteiger partial charge in [0.05, 0.1) is 19.1 Å². The Kier molecular flexibility index (Phi) is 5.19. The molecule has 2 aliphatic heterocycles. The lowest BCUT2D eigenvalue weighted by atomic mass is 9.98. The molecule has 5 heteroatoms. The van der Waals surface area contributed by atoms with Crippen molar-refractivity contribution in [1.82, 2.24) is 9.80 Å². The summed E-state index contributed by atoms with van der Waals surface area (Å²) in [6.07, 6.45) is 4.10. The summed E-state index contributed by atoms with van der Waals surface area (Å²) in [7, 11) is 0. The molecule has 0 spiro atoms. The standard InChI is InChI=1S/C14H24N2O3/c1-2-19-14(18)12-6-5-7-15(10-12)11-13(17)16-8-3-4-9-16/h12H,2-11H2,1H3. The Bertz CT molecular complexity index is 327. The van der Waals surface area contributed by atoms with Crippen LogP contribution in [0.15, 0.2) is 0 Å². The lowest BCUT2D eigenvalue weighted by Gasteiger charge is -2.32. The molecule has 2 heterocycles. The number of carbonyl (C=O) groups is 2. The van der Waals surface area contributed by atoms with Crippen molar-refractivity contribution in [3.05, 3.63) is 0 Å². The van der Waals surface area contributed by atoms with E-state index >= 15 is 0 Å². The molecule has 0 aromatic rings. The lowest BCUT2D eigenvalue weighted by Crippen LogP contribution is -2.45. The highest BCUT2D eigenvalue weighted by Gasteiger charge is 2.29. The second kappa shape index (κ2) is 6.89. The molecule has 0 aromatic carbocycles. The first kappa shape index (κ1) is 14.3. The van der Waals surface area contributed by atoms with Crippen molar-refractivity contribution in [3.8, 4) is 0 Å². The fraction of sp³-hybridized carbons (Fsp3) is 0.857. The van der Waals surface area contributed by atoms with Crippen molar-refractivity contribution in [2.45, 2.75) is 32.6 Å². The molecule has 5 nitrogen and oxygen atoms in total. The van der Waals surface area contributed by atoms with E-state index in [2.05, 4.69) is 4.90 Å². The van der Waals surface area contributed by atoms with Crippen molar-refractivity contribution in [3.63, 3.8) is 0 Å². The maximum absolute atomic E-state index is 12.1. The molecule has 2 saturated heterocycles. The number of esters is 1. The zero-order chi connectivity index (χ0) is 13.7. The number of hydrogen-bond acceptors (Lipinski definition) is 4. The predicted octanol–water partition coefficient (Wildman–Crippen LogP) is 0.884. The van der Waals surface area contributed by atoms with E-state index in [0.717, 1.165) is 45.3 Å². The molecule has 2 fully saturated rings. The Morgan fingerprint density at radius 2 is 1.89 bits per heavy atom. The molecule has 2 rings (SSSR count). The summed E-state index contributed by atoms with van der Waals surface area (Å²) < 4.78 is 5.07. The van der Waals surface area contributed by atoms with Gasteiger partial charge >= 0.3 is 5.97 Å². The van der Waals surface area contributed by atoms with Gasteiger partial charge in [0, 0.05) is 19.6 Å². The third-order valence-corrected chi connectivity index (χ3v) is 3.94. The van der Waals surface area contributed by atoms with Gasteiger partial charge in [0.1, 0.15) is 0 Å². The van der Waals surface area contributed by atoms with E-state index in [1.807, 2.05) is 11.8 Å². The van der Waals surface area contributed by atoms with Gasteiger partial charge in [-0.25, -0.2) is 0 Å². The third kappa shape index (κ3) is 3.93. The number of hydrogen-bond donors (Lipinski definition) is 0. The number of ether oxygens (including phenoxy) is 1. The predicted molar refractivity (Wildman–Crippen MR) is 71.6 cm³/mol. The van der Waals surface area contributed by atoms with Gasteiger partial charge in [0.2, 0.25) is 5.91 Å². The summed E-state index contributed by atoms with van der Waals surface area (Å²) in [5.74, 6) is 0.0444. The van der Waals surface area contributed by atoms with Gasteiger partial charge in [-0.05, 0) is 39.2 Å². The second-order valence-electron chi connectivity index (χ2n) is 5.41. The van der Waals surface area contributed by atoms with Crippen molar-refractivity contribution in [1.29, 1.82) is 0 Å². The largest absolute Gasteiger partial charge is 0.466 e. The topological polar surface area (TPSA) is 49.9 Å². The maximum atomic E-state index is 12.1. The molecule has 1 atom stereocenters. The number of nitrogens with zero attached hydrogens (tertiary/aromatic N) is 2. The van der Waals surface area contributed by atoms with Crippen LogP contribution in [0.25, 0.3) is 0 Å². The molecular weight excluding hydrogens is 244 g/mol. The molecule has 0 saturated carbocycles. The first-order valence-electron chi connectivity index (χ1n) is 7.37. The Balaban J connectivity index is 1.80. The molecule has 2 aliphatic rings. The van der Waals surface area contributed by atoms with Crippen LogP contribution < -0.4 is 0 Å². The third-order valence-electron chi connectivity index (χ3n) is 3.94. The van der Waals surface area contributed by atoms with E-state index in [-0.39, 0.29) is 17.8 Å². The van der Waals surface area contributed by atoms with Crippen LogP contribution >= 0.6 is 0 Å². The summed E-state index contributed by atoms with van der Waals surface area (Å²) in [6.45, 7) is 6.09. The molecule has 0 aliphatic carbocycles. The molecule has 1 amide bonds.